The largest absolute Gasteiger partial charge is 0.465 e. The highest BCUT2D eigenvalue weighted by Crippen LogP contribution is 3.02. The van der Waals surface area contributed by atoms with E-state index in [1.165, 1.54) is 18.4 Å². The molecule has 0 saturated heterocycles. The molecule has 4 fully saturated rings. The Morgan fingerprint density at radius 1 is 0.839 bits per heavy atom. The number of aromatic nitrogens is 3. The molecule has 160 valence electrons. The first-order valence-corrected chi connectivity index (χ1v) is 10.7. The summed E-state index contributed by atoms with van der Waals surface area (Å²) < 4.78 is 15.5. The second kappa shape index (κ2) is 5.03. The number of hydrogen-bond acceptors (Lipinski definition) is 6. The smallest absolute Gasteiger partial charge is 0.352 e. The molecule has 1 aromatic heterocycles. The Hall–Kier alpha value is -3.10. The van der Waals surface area contributed by atoms with Gasteiger partial charge in [0, 0.05) is 24.7 Å². The number of rotatable bonds is 5. The molecule has 4 saturated carbocycles. The van der Waals surface area contributed by atoms with Gasteiger partial charge in [-0.25, -0.2) is 23.5 Å². The summed E-state index contributed by atoms with van der Waals surface area (Å²) in [5, 5.41) is 0. The number of nitrogens with zero attached hydrogens (tertiary/aromatic N) is 3. The molecule has 0 amide bonds. The van der Waals surface area contributed by atoms with E-state index in [0.717, 1.165) is 0 Å². The third-order valence-electron chi connectivity index (χ3n) is 8.83. The monoisotopic (exact) mass is 423 g/mol. The van der Waals surface area contributed by atoms with Gasteiger partial charge >= 0.3 is 23.3 Å². The maximum absolute atomic E-state index is 13.5. The first kappa shape index (κ1) is 17.6. The maximum Gasteiger partial charge on any atom is 0.352 e. The van der Waals surface area contributed by atoms with Crippen molar-refractivity contribution in [2.24, 2.45) is 34.5 Å². The van der Waals surface area contributed by atoms with Gasteiger partial charge in [-0.1, -0.05) is 18.2 Å². The second-order valence-corrected chi connectivity index (χ2v) is 9.67. The van der Waals surface area contributed by atoms with Crippen LogP contribution in [0.1, 0.15) is 25.9 Å². The zero-order valence-corrected chi connectivity index (χ0v) is 17.1. The van der Waals surface area contributed by atoms with Crippen LogP contribution in [0.3, 0.4) is 0 Å². The number of hydrogen-bond donors (Lipinski definition) is 0. The number of carbonyl (C=O) groups excluding carboxylic acids is 2. The maximum atomic E-state index is 13.5. The Labute approximate surface area is 176 Å². The number of benzene rings is 1. The van der Waals surface area contributed by atoms with Gasteiger partial charge in [0.1, 0.15) is 13.2 Å². The van der Waals surface area contributed by atoms with Crippen molar-refractivity contribution in [2.75, 3.05) is 13.2 Å². The topological polar surface area (TPSA) is 102 Å². The van der Waals surface area contributed by atoms with Crippen molar-refractivity contribution in [1.29, 1.82) is 0 Å². The normalized spacial score (nSPS) is 41.0. The summed E-state index contributed by atoms with van der Waals surface area (Å²) in [5.41, 5.74) is -1.09. The third-order valence-corrected chi connectivity index (χ3v) is 8.83. The molecule has 0 radical (unpaired) electrons. The Morgan fingerprint density at radius 2 is 1.32 bits per heavy atom. The lowest BCUT2D eigenvalue weighted by Crippen LogP contribution is -2.55. The molecule has 2 aliphatic heterocycles. The van der Waals surface area contributed by atoms with Crippen LogP contribution in [0.4, 0.5) is 0 Å². The summed E-state index contributed by atoms with van der Waals surface area (Å²) in [7, 11) is 0. The lowest BCUT2D eigenvalue weighted by molar-refractivity contribution is -0.153. The first-order chi connectivity index (χ1) is 14.9. The van der Waals surface area contributed by atoms with Gasteiger partial charge in [0.25, 0.3) is 0 Å². The van der Waals surface area contributed by atoms with Crippen molar-refractivity contribution in [3.8, 4) is 5.69 Å². The van der Waals surface area contributed by atoms with Crippen LogP contribution in [-0.4, -0.2) is 39.1 Å². The van der Waals surface area contributed by atoms with E-state index in [1.54, 1.807) is 33.6 Å². The quantitative estimate of drug-likeness (QED) is 0.650. The van der Waals surface area contributed by atoms with Crippen molar-refractivity contribution >= 4 is 11.9 Å². The average Bonchev–Trinajstić information content (AvgIpc) is 3.49. The SMILES string of the molecule is CC(=O)OC[C@]12C3C4[C@@H]5[C@H]4[C@H](n4c(=O)n(-c6ccccc6)c(=O)n4[C@@H]51)[C@@]32COC(C)=O. The van der Waals surface area contributed by atoms with Crippen molar-refractivity contribution in [2.45, 2.75) is 25.9 Å². The van der Waals surface area contributed by atoms with E-state index in [9.17, 15) is 19.2 Å². The van der Waals surface area contributed by atoms with E-state index in [4.69, 9.17) is 9.47 Å². The third kappa shape index (κ3) is 1.61. The van der Waals surface area contributed by atoms with Crippen LogP contribution in [-0.2, 0) is 19.1 Å². The van der Waals surface area contributed by atoms with Crippen LogP contribution in [0.15, 0.2) is 39.9 Å². The van der Waals surface area contributed by atoms with Gasteiger partial charge in [-0.2, -0.15) is 0 Å². The van der Waals surface area contributed by atoms with Crippen LogP contribution < -0.4 is 11.4 Å². The molecule has 6 aliphatic rings. The molecule has 2 bridgehead atoms. The summed E-state index contributed by atoms with van der Waals surface area (Å²) in [5.74, 6) is 0.461. The van der Waals surface area contributed by atoms with Crippen LogP contribution >= 0.6 is 0 Å². The van der Waals surface area contributed by atoms with Crippen LogP contribution in [0, 0.1) is 34.5 Å². The van der Waals surface area contributed by atoms with Gasteiger partial charge in [-0.15, -0.1) is 0 Å². The summed E-state index contributed by atoms with van der Waals surface area (Å²) in [4.78, 5) is 50.4. The predicted molar refractivity (Wildman–Crippen MR) is 104 cm³/mol. The standard InChI is InChI=1S/C22H21N3O6/c1-10(26)30-8-21-16-13-14-15(13)18(22(16,21)9-31-11(2)27)25-20(29)23(12-6-4-3-5-7-12)19(28)24(25)17(14)21/h3-7,13-18H,8-9H2,1-2H3/t13?,14-,15+,16?,17-,18-,21+,22-/m0/s1. The molecule has 2 unspecified atom stereocenters. The molecule has 8 atom stereocenters. The van der Waals surface area contributed by atoms with Crippen molar-refractivity contribution < 1.29 is 19.1 Å². The molecule has 1 aromatic carbocycles. The number of para-hydroxylation sites is 1. The second-order valence-electron chi connectivity index (χ2n) is 9.67. The van der Waals surface area contributed by atoms with Gasteiger partial charge in [0.2, 0.25) is 0 Å². The van der Waals surface area contributed by atoms with E-state index in [2.05, 4.69) is 0 Å². The molecule has 3 heterocycles. The molecule has 0 spiro atoms. The Morgan fingerprint density at radius 3 is 1.77 bits per heavy atom. The van der Waals surface area contributed by atoms with E-state index < -0.39 is 10.8 Å². The summed E-state index contributed by atoms with van der Waals surface area (Å²) in [6.45, 7) is 3.12. The molecule has 4 aliphatic carbocycles. The van der Waals surface area contributed by atoms with Crippen LogP contribution in [0.2, 0.25) is 0 Å². The van der Waals surface area contributed by atoms with E-state index in [-0.39, 0.29) is 54.5 Å². The molecule has 9 heteroatoms. The predicted octanol–water partition coefficient (Wildman–Crippen LogP) is 0.515. The fourth-order valence-corrected chi connectivity index (χ4v) is 8.25. The lowest BCUT2D eigenvalue weighted by atomic mass is 9.72. The van der Waals surface area contributed by atoms with Crippen LogP contribution in [0.5, 0.6) is 0 Å². The highest BCUT2D eigenvalue weighted by molar-refractivity contribution is 5.67. The molecular formula is C22H21N3O6. The van der Waals surface area contributed by atoms with Gasteiger partial charge < -0.3 is 9.47 Å². The average molecular weight is 423 g/mol. The zero-order chi connectivity index (χ0) is 21.4. The highest BCUT2D eigenvalue weighted by atomic mass is 16.5. The van der Waals surface area contributed by atoms with E-state index >= 15 is 0 Å². The molecule has 9 nitrogen and oxygen atoms in total. The molecular weight excluding hydrogens is 402 g/mol. The number of esters is 2. The molecule has 31 heavy (non-hydrogen) atoms. The van der Waals surface area contributed by atoms with E-state index in [0.29, 0.717) is 23.4 Å². The molecule has 2 aromatic rings. The van der Waals surface area contributed by atoms with Gasteiger partial charge in [-0.3, -0.25) is 9.59 Å². The molecule has 0 N–H and O–H groups in total. The zero-order valence-electron chi connectivity index (χ0n) is 17.1. The minimum atomic E-state index is -0.456. The minimum Gasteiger partial charge on any atom is -0.465 e. The van der Waals surface area contributed by atoms with Crippen molar-refractivity contribution in [1.82, 2.24) is 13.9 Å². The fourth-order valence-electron chi connectivity index (χ4n) is 8.25. The first-order valence-electron chi connectivity index (χ1n) is 10.7. The van der Waals surface area contributed by atoms with Crippen molar-refractivity contribution in [3.05, 3.63) is 51.3 Å². The fraction of sp³-hybridized carbons (Fsp3) is 0.545. The summed E-state index contributed by atoms with van der Waals surface area (Å²) in [6.07, 6.45) is 0. The number of ether oxygens (including phenoxy) is 2. The van der Waals surface area contributed by atoms with E-state index in [1.807, 2.05) is 6.07 Å². The Balaban J connectivity index is 1.44. The molecule has 8 rings (SSSR count). The minimum absolute atomic E-state index is 0.187. The highest BCUT2D eigenvalue weighted by Gasteiger charge is 3.04. The van der Waals surface area contributed by atoms with Gasteiger partial charge in [0.15, 0.2) is 0 Å². The van der Waals surface area contributed by atoms with Crippen LogP contribution in [0.25, 0.3) is 5.69 Å². The van der Waals surface area contributed by atoms with Gasteiger partial charge in [0.05, 0.1) is 17.8 Å². The number of carbonyl (C=O) groups is 2. The lowest BCUT2D eigenvalue weighted by Gasteiger charge is -2.47. The Bertz CT molecular complexity index is 1230. The summed E-state index contributed by atoms with van der Waals surface area (Å²) in [6, 6.07) is 8.46. The Kier molecular flexibility index (Phi) is 2.85. The van der Waals surface area contributed by atoms with Crippen molar-refractivity contribution in [3.63, 3.8) is 0 Å². The van der Waals surface area contributed by atoms with Gasteiger partial charge in [-0.05, 0) is 35.8 Å². The summed E-state index contributed by atoms with van der Waals surface area (Å²) >= 11 is 0.